The topological polar surface area (TPSA) is 52.8 Å². The van der Waals surface area contributed by atoms with E-state index in [0.717, 1.165) is 5.82 Å². The second-order valence-corrected chi connectivity index (χ2v) is 2.54. The molecule has 0 aliphatic rings. The highest BCUT2D eigenvalue weighted by Gasteiger charge is 2.00. The Bertz CT molecular complexity index is 322. The molecule has 0 aliphatic heterocycles. The Balaban J connectivity index is 2.80. The van der Waals surface area contributed by atoms with Crippen LogP contribution in [0.25, 0.3) is 0 Å². The lowest BCUT2D eigenvalue weighted by Crippen LogP contribution is -2.18. The number of likely N-dealkylation sites (N-methyl/N-ethyl adjacent to an activating group) is 1. The van der Waals surface area contributed by atoms with E-state index in [1.807, 2.05) is 18.0 Å². The average molecular weight is 174 g/mol. The first-order valence-electron chi connectivity index (χ1n) is 3.82. The Kier molecular flexibility index (Phi) is 2.98. The van der Waals surface area contributed by atoms with Crippen molar-refractivity contribution in [1.82, 2.24) is 9.97 Å². The van der Waals surface area contributed by atoms with Gasteiger partial charge in [0.05, 0.1) is 12.4 Å². The predicted octanol–water partition coefficient (Wildman–Crippen LogP) is 0.970. The van der Waals surface area contributed by atoms with Crippen molar-refractivity contribution in [3.05, 3.63) is 30.7 Å². The fraction of sp³-hybridized carbons (Fsp3) is 0.222. The lowest BCUT2D eigenvalue weighted by Gasteiger charge is -2.14. The highest BCUT2D eigenvalue weighted by Crippen LogP contribution is 2.05. The molecule has 1 rings (SSSR count). The van der Waals surface area contributed by atoms with Gasteiger partial charge in [0, 0.05) is 13.6 Å². The van der Waals surface area contributed by atoms with Gasteiger partial charge in [-0.25, -0.2) is 9.97 Å². The van der Waals surface area contributed by atoms with Crippen molar-refractivity contribution in [1.29, 1.82) is 5.26 Å². The van der Waals surface area contributed by atoms with Crippen LogP contribution in [0.15, 0.2) is 25.0 Å². The third-order valence-electron chi connectivity index (χ3n) is 1.55. The van der Waals surface area contributed by atoms with E-state index in [4.69, 9.17) is 5.26 Å². The molecule has 0 aliphatic carbocycles. The van der Waals surface area contributed by atoms with Crippen molar-refractivity contribution in [3.8, 4) is 6.07 Å². The first-order valence-corrected chi connectivity index (χ1v) is 3.82. The summed E-state index contributed by atoms with van der Waals surface area (Å²) < 4.78 is 0. The smallest absolute Gasteiger partial charge is 0.158 e. The molecule has 0 aromatic carbocycles. The third-order valence-corrected chi connectivity index (χ3v) is 1.55. The van der Waals surface area contributed by atoms with E-state index >= 15 is 0 Å². The monoisotopic (exact) mass is 174 g/mol. The largest absolute Gasteiger partial charge is 0.355 e. The van der Waals surface area contributed by atoms with Crippen LogP contribution in [-0.4, -0.2) is 23.6 Å². The molecule has 0 unspecified atom stereocenters. The van der Waals surface area contributed by atoms with E-state index in [9.17, 15) is 0 Å². The summed E-state index contributed by atoms with van der Waals surface area (Å²) in [7, 11) is 1.89. The van der Waals surface area contributed by atoms with E-state index < -0.39 is 0 Å². The molecule has 0 saturated carbocycles. The Hall–Kier alpha value is -1.89. The summed E-state index contributed by atoms with van der Waals surface area (Å²) in [5.41, 5.74) is 0.329. The van der Waals surface area contributed by atoms with Crippen LogP contribution in [0.5, 0.6) is 0 Å². The standard InChI is InChI=1S/C9H10N4/c1-3-4-13(2)9-7-11-8(5-10)6-12-9/h3,6-7H,1,4H2,2H3. The number of rotatable bonds is 3. The second kappa shape index (κ2) is 4.21. The molecule has 0 fully saturated rings. The van der Waals surface area contributed by atoms with E-state index in [1.54, 1.807) is 12.3 Å². The van der Waals surface area contributed by atoms with Gasteiger partial charge >= 0.3 is 0 Å². The lowest BCUT2D eigenvalue weighted by atomic mass is 10.4. The van der Waals surface area contributed by atoms with Crippen LogP contribution < -0.4 is 4.90 Å². The van der Waals surface area contributed by atoms with Crippen molar-refractivity contribution in [3.63, 3.8) is 0 Å². The van der Waals surface area contributed by atoms with Crippen molar-refractivity contribution in [2.24, 2.45) is 0 Å². The molecule has 4 nitrogen and oxygen atoms in total. The number of nitriles is 1. The van der Waals surface area contributed by atoms with Crippen LogP contribution in [0.2, 0.25) is 0 Å². The molecule has 0 N–H and O–H groups in total. The van der Waals surface area contributed by atoms with Gasteiger partial charge in [-0.3, -0.25) is 0 Å². The van der Waals surface area contributed by atoms with Crippen molar-refractivity contribution in [2.45, 2.75) is 0 Å². The van der Waals surface area contributed by atoms with Crippen LogP contribution in [0.1, 0.15) is 5.69 Å². The van der Waals surface area contributed by atoms with Crippen molar-refractivity contribution in [2.75, 3.05) is 18.5 Å². The first-order chi connectivity index (χ1) is 6.27. The number of hydrogen-bond acceptors (Lipinski definition) is 4. The summed E-state index contributed by atoms with van der Waals surface area (Å²) in [5.74, 6) is 0.735. The fourth-order valence-corrected chi connectivity index (χ4v) is 0.863. The minimum absolute atomic E-state index is 0.329. The fourth-order valence-electron chi connectivity index (χ4n) is 0.863. The zero-order valence-electron chi connectivity index (χ0n) is 7.44. The van der Waals surface area contributed by atoms with E-state index in [0.29, 0.717) is 12.2 Å². The number of anilines is 1. The second-order valence-electron chi connectivity index (χ2n) is 2.54. The minimum Gasteiger partial charge on any atom is -0.355 e. The number of hydrogen-bond donors (Lipinski definition) is 0. The molecule has 1 heterocycles. The van der Waals surface area contributed by atoms with Gasteiger partial charge in [-0.2, -0.15) is 5.26 Å². The van der Waals surface area contributed by atoms with Crippen LogP contribution in [0, 0.1) is 11.3 Å². The van der Waals surface area contributed by atoms with E-state index in [2.05, 4.69) is 16.5 Å². The molecule has 0 radical (unpaired) electrons. The third kappa shape index (κ3) is 2.27. The number of nitrogens with zero attached hydrogens (tertiary/aromatic N) is 4. The Labute approximate surface area is 77.2 Å². The summed E-state index contributed by atoms with van der Waals surface area (Å²) in [5, 5.41) is 8.49. The molecule has 0 amide bonds. The normalized spacial score (nSPS) is 8.92. The quantitative estimate of drug-likeness (QED) is 0.641. The molecule has 13 heavy (non-hydrogen) atoms. The highest BCUT2D eigenvalue weighted by atomic mass is 15.2. The summed E-state index contributed by atoms with van der Waals surface area (Å²) in [6.07, 6.45) is 4.80. The Morgan fingerprint density at radius 3 is 2.85 bits per heavy atom. The first kappa shape index (κ1) is 9.20. The van der Waals surface area contributed by atoms with E-state index in [1.165, 1.54) is 6.20 Å². The summed E-state index contributed by atoms with van der Waals surface area (Å²) in [6.45, 7) is 4.33. The molecule has 0 spiro atoms. The summed E-state index contributed by atoms with van der Waals surface area (Å²) in [6, 6.07) is 1.91. The molecular weight excluding hydrogens is 164 g/mol. The van der Waals surface area contributed by atoms with Crippen LogP contribution in [0.3, 0.4) is 0 Å². The van der Waals surface area contributed by atoms with Gasteiger partial charge in [0.1, 0.15) is 11.9 Å². The van der Waals surface area contributed by atoms with Gasteiger partial charge in [-0.05, 0) is 0 Å². The van der Waals surface area contributed by atoms with Gasteiger partial charge in [-0.1, -0.05) is 6.08 Å². The summed E-state index contributed by atoms with van der Waals surface area (Å²) >= 11 is 0. The SMILES string of the molecule is C=CCN(C)c1cnc(C#N)cn1. The number of aromatic nitrogens is 2. The maximum absolute atomic E-state index is 8.49. The Morgan fingerprint density at radius 2 is 2.38 bits per heavy atom. The van der Waals surface area contributed by atoms with E-state index in [-0.39, 0.29) is 0 Å². The van der Waals surface area contributed by atoms with Gasteiger partial charge < -0.3 is 4.90 Å². The van der Waals surface area contributed by atoms with Gasteiger partial charge in [0.25, 0.3) is 0 Å². The molecule has 1 aromatic heterocycles. The zero-order chi connectivity index (χ0) is 9.68. The lowest BCUT2D eigenvalue weighted by molar-refractivity contribution is 0.972. The van der Waals surface area contributed by atoms with Crippen molar-refractivity contribution >= 4 is 5.82 Å². The van der Waals surface area contributed by atoms with Gasteiger partial charge in [-0.15, -0.1) is 6.58 Å². The van der Waals surface area contributed by atoms with Gasteiger partial charge in [0.2, 0.25) is 0 Å². The molecular formula is C9H10N4. The van der Waals surface area contributed by atoms with Crippen LogP contribution >= 0.6 is 0 Å². The van der Waals surface area contributed by atoms with Crippen molar-refractivity contribution < 1.29 is 0 Å². The zero-order valence-corrected chi connectivity index (χ0v) is 7.44. The minimum atomic E-state index is 0.329. The highest BCUT2D eigenvalue weighted by molar-refractivity contribution is 5.36. The molecule has 4 heteroatoms. The van der Waals surface area contributed by atoms with Gasteiger partial charge in [0.15, 0.2) is 5.69 Å². The molecule has 0 saturated heterocycles. The Morgan fingerprint density at radius 1 is 1.62 bits per heavy atom. The molecule has 0 bridgehead atoms. The molecule has 1 aromatic rings. The average Bonchev–Trinajstić information content (AvgIpc) is 2.18. The predicted molar refractivity (Wildman–Crippen MR) is 50.2 cm³/mol. The maximum atomic E-state index is 8.49. The maximum Gasteiger partial charge on any atom is 0.158 e. The van der Waals surface area contributed by atoms with Crippen LogP contribution in [-0.2, 0) is 0 Å². The summed E-state index contributed by atoms with van der Waals surface area (Å²) in [4.78, 5) is 9.85. The molecule has 66 valence electrons. The molecule has 0 atom stereocenters. The van der Waals surface area contributed by atoms with Crippen LogP contribution in [0.4, 0.5) is 5.82 Å².